The van der Waals surface area contributed by atoms with Gasteiger partial charge in [-0.25, -0.2) is 0 Å². The highest BCUT2D eigenvalue weighted by atomic mass is 35.5. The Hall–Kier alpha value is -3.30. The van der Waals surface area contributed by atoms with Crippen molar-refractivity contribution in [2.24, 2.45) is 0 Å². The second-order valence-corrected chi connectivity index (χ2v) is 5.98. The highest BCUT2D eigenvalue weighted by Gasteiger charge is 2.18. The summed E-state index contributed by atoms with van der Waals surface area (Å²) in [5.74, 6) is -0.353. The van der Waals surface area contributed by atoms with Gasteiger partial charge in [0.2, 0.25) is 0 Å². The zero-order valence-electron chi connectivity index (χ0n) is 13.8. The quantitative estimate of drug-likeness (QED) is 0.765. The largest absolute Gasteiger partial charge is 0.344 e. The van der Waals surface area contributed by atoms with E-state index in [1.807, 2.05) is 31.2 Å². The Morgan fingerprint density at radius 2 is 1.96 bits per heavy atom. The Bertz CT molecular complexity index is 985. The number of pyridine rings is 1. The van der Waals surface area contributed by atoms with E-state index in [1.54, 1.807) is 18.6 Å². The van der Waals surface area contributed by atoms with E-state index in [2.05, 4.69) is 20.3 Å². The van der Waals surface area contributed by atoms with Gasteiger partial charge in [0.25, 0.3) is 5.91 Å². The highest BCUT2D eigenvalue weighted by Crippen LogP contribution is 2.23. The van der Waals surface area contributed by atoms with Crippen LogP contribution in [-0.2, 0) is 0 Å². The van der Waals surface area contributed by atoms with Crippen LogP contribution < -0.4 is 5.32 Å². The van der Waals surface area contributed by atoms with Gasteiger partial charge in [0, 0.05) is 29.2 Å². The monoisotopic (exact) mass is 363 g/mol. The van der Waals surface area contributed by atoms with E-state index < -0.39 is 6.04 Å². The summed E-state index contributed by atoms with van der Waals surface area (Å²) in [7, 11) is 0. The third-order valence-corrected chi connectivity index (χ3v) is 3.90. The number of hydrogen-bond donors (Lipinski definition) is 1. The van der Waals surface area contributed by atoms with Gasteiger partial charge in [0.1, 0.15) is 5.69 Å². The van der Waals surface area contributed by atoms with Gasteiger partial charge in [0.05, 0.1) is 29.1 Å². The van der Waals surface area contributed by atoms with Gasteiger partial charge in [-0.3, -0.25) is 19.7 Å². The summed E-state index contributed by atoms with van der Waals surface area (Å²) in [4.78, 5) is 25.6. The van der Waals surface area contributed by atoms with Crippen LogP contribution in [0.25, 0.3) is 11.4 Å². The van der Waals surface area contributed by atoms with Crippen LogP contribution in [-0.4, -0.2) is 20.9 Å². The van der Waals surface area contributed by atoms with Crippen molar-refractivity contribution >= 4 is 17.5 Å². The van der Waals surface area contributed by atoms with Crippen LogP contribution in [0.15, 0.2) is 55.0 Å². The molecule has 3 rings (SSSR count). The molecule has 2 heterocycles. The van der Waals surface area contributed by atoms with E-state index >= 15 is 0 Å². The molecule has 0 saturated heterocycles. The lowest BCUT2D eigenvalue weighted by molar-refractivity contribution is 0.0939. The average molecular weight is 364 g/mol. The number of nitrogens with zero attached hydrogens (tertiary/aromatic N) is 4. The molecule has 0 radical (unpaired) electrons. The second kappa shape index (κ2) is 7.72. The Kier molecular flexibility index (Phi) is 5.20. The minimum Gasteiger partial charge on any atom is -0.344 e. The van der Waals surface area contributed by atoms with Gasteiger partial charge in [-0.2, -0.15) is 5.26 Å². The molecule has 0 fully saturated rings. The summed E-state index contributed by atoms with van der Waals surface area (Å²) in [6.07, 6.45) is 4.82. The molecule has 0 aliphatic carbocycles. The fraction of sp³-hybridized carbons (Fsp3) is 0.105. The molecule has 0 aliphatic heterocycles. The lowest BCUT2D eigenvalue weighted by atomic mass is 10.1. The van der Waals surface area contributed by atoms with Crippen LogP contribution in [0.1, 0.15) is 34.6 Å². The molecule has 1 N–H and O–H groups in total. The van der Waals surface area contributed by atoms with Crippen molar-refractivity contribution in [3.63, 3.8) is 0 Å². The summed E-state index contributed by atoms with van der Waals surface area (Å²) >= 11 is 5.97. The van der Waals surface area contributed by atoms with Crippen molar-refractivity contribution < 1.29 is 4.79 Å². The normalized spacial score (nSPS) is 11.4. The van der Waals surface area contributed by atoms with Crippen molar-refractivity contribution in [1.82, 2.24) is 20.3 Å². The first-order valence-corrected chi connectivity index (χ1v) is 8.20. The van der Waals surface area contributed by atoms with Crippen LogP contribution in [0, 0.1) is 11.3 Å². The number of benzene rings is 1. The first kappa shape index (κ1) is 17.5. The zero-order chi connectivity index (χ0) is 18.5. The SMILES string of the molecule is CC(NC(=O)c1cc(Cl)cc(C#N)c1)c1nccnc1-c1ccccn1. The third-order valence-electron chi connectivity index (χ3n) is 3.68. The Morgan fingerprint density at radius 3 is 2.69 bits per heavy atom. The van der Waals surface area contributed by atoms with Crippen LogP contribution in [0.4, 0.5) is 0 Å². The Labute approximate surface area is 155 Å². The van der Waals surface area contributed by atoms with E-state index in [9.17, 15) is 4.79 Å². The van der Waals surface area contributed by atoms with Crippen LogP contribution in [0.3, 0.4) is 0 Å². The molecule has 1 amide bonds. The number of nitrogens with one attached hydrogen (secondary N) is 1. The third kappa shape index (κ3) is 3.85. The molecule has 3 aromatic rings. The minimum atomic E-state index is -0.419. The maximum Gasteiger partial charge on any atom is 0.251 e. The summed E-state index contributed by atoms with van der Waals surface area (Å²) in [5.41, 5.74) is 2.51. The molecule has 1 atom stereocenters. The van der Waals surface area contributed by atoms with Crippen molar-refractivity contribution in [3.8, 4) is 17.5 Å². The fourth-order valence-corrected chi connectivity index (χ4v) is 2.73. The summed E-state index contributed by atoms with van der Waals surface area (Å²) in [6, 6.07) is 11.6. The van der Waals surface area contributed by atoms with Gasteiger partial charge >= 0.3 is 0 Å². The molecule has 26 heavy (non-hydrogen) atoms. The van der Waals surface area contributed by atoms with E-state index in [0.717, 1.165) is 0 Å². The topological polar surface area (TPSA) is 91.6 Å². The van der Waals surface area contributed by atoms with Gasteiger partial charge < -0.3 is 5.32 Å². The van der Waals surface area contributed by atoms with Gasteiger partial charge in [-0.05, 0) is 37.3 Å². The molecule has 0 saturated carbocycles. The first-order chi connectivity index (χ1) is 12.6. The predicted octanol–water partition coefficient (Wildman–Crippen LogP) is 3.55. The number of carbonyl (C=O) groups excluding carboxylic acids is 1. The molecule has 0 spiro atoms. The standard InChI is InChI=1S/C19H14ClN5O/c1-12(25-19(26)14-8-13(11-21)9-15(20)10-14)17-18(24-7-6-23-17)16-4-2-3-5-22-16/h2-10,12H,1H3,(H,25,26). The first-order valence-electron chi connectivity index (χ1n) is 7.82. The smallest absolute Gasteiger partial charge is 0.251 e. The average Bonchev–Trinajstić information content (AvgIpc) is 2.68. The molecule has 7 heteroatoms. The molecule has 1 unspecified atom stereocenters. The van der Waals surface area contributed by atoms with Crippen LogP contribution >= 0.6 is 11.6 Å². The number of carbonyl (C=O) groups is 1. The van der Waals surface area contributed by atoms with E-state index in [4.69, 9.17) is 16.9 Å². The number of halogens is 1. The lowest BCUT2D eigenvalue weighted by Crippen LogP contribution is -2.28. The Balaban J connectivity index is 1.88. The molecule has 1 aromatic carbocycles. The van der Waals surface area contributed by atoms with Crippen molar-refractivity contribution in [3.05, 3.63) is 76.8 Å². The van der Waals surface area contributed by atoms with Crippen LogP contribution in [0.5, 0.6) is 0 Å². The molecule has 6 nitrogen and oxygen atoms in total. The van der Waals surface area contributed by atoms with Gasteiger partial charge in [0.15, 0.2) is 0 Å². The van der Waals surface area contributed by atoms with E-state index in [0.29, 0.717) is 33.2 Å². The predicted molar refractivity (Wildman–Crippen MR) is 97.3 cm³/mol. The minimum absolute atomic E-state index is 0.309. The fourth-order valence-electron chi connectivity index (χ4n) is 2.50. The number of amides is 1. The number of rotatable bonds is 4. The molecule has 128 valence electrons. The van der Waals surface area contributed by atoms with Gasteiger partial charge in [-0.15, -0.1) is 0 Å². The molecular formula is C19H14ClN5O. The molecular weight excluding hydrogens is 350 g/mol. The van der Waals surface area contributed by atoms with Crippen molar-refractivity contribution in [2.45, 2.75) is 13.0 Å². The summed E-state index contributed by atoms with van der Waals surface area (Å²) in [6.45, 7) is 1.81. The van der Waals surface area contributed by atoms with Crippen LogP contribution in [0.2, 0.25) is 5.02 Å². The van der Waals surface area contributed by atoms with Crippen molar-refractivity contribution in [2.75, 3.05) is 0 Å². The highest BCUT2D eigenvalue weighted by molar-refractivity contribution is 6.31. The number of nitriles is 1. The second-order valence-electron chi connectivity index (χ2n) is 5.54. The molecule has 2 aromatic heterocycles. The Morgan fingerprint density at radius 1 is 1.15 bits per heavy atom. The van der Waals surface area contributed by atoms with E-state index in [-0.39, 0.29) is 5.91 Å². The number of aromatic nitrogens is 3. The van der Waals surface area contributed by atoms with Crippen molar-refractivity contribution in [1.29, 1.82) is 5.26 Å². The maximum absolute atomic E-state index is 12.6. The van der Waals surface area contributed by atoms with Gasteiger partial charge in [-0.1, -0.05) is 17.7 Å². The maximum atomic E-state index is 12.6. The molecule has 0 bridgehead atoms. The number of hydrogen-bond acceptors (Lipinski definition) is 5. The lowest BCUT2D eigenvalue weighted by Gasteiger charge is -2.16. The van der Waals surface area contributed by atoms with E-state index in [1.165, 1.54) is 18.2 Å². The zero-order valence-corrected chi connectivity index (χ0v) is 14.6. The summed E-state index contributed by atoms with van der Waals surface area (Å²) < 4.78 is 0. The molecule has 0 aliphatic rings. The summed E-state index contributed by atoms with van der Waals surface area (Å²) in [5, 5.41) is 12.2.